The minimum atomic E-state index is -0.617. The van der Waals surface area contributed by atoms with Gasteiger partial charge >= 0.3 is 5.97 Å². The van der Waals surface area contributed by atoms with Crippen molar-refractivity contribution >= 4 is 40.6 Å². The molecule has 2 amide bonds. The second-order valence-electron chi connectivity index (χ2n) is 6.39. The van der Waals surface area contributed by atoms with Crippen molar-refractivity contribution < 1.29 is 23.5 Å². The average Bonchev–Trinajstić information content (AvgIpc) is 3.28. The van der Waals surface area contributed by atoms with E-state index in [0.29, 0.717) is 10.7 Å². The fourth-order valence-corrected chi connectivity index (χ4v) is 3.40. The summed E-state index contributed by atoms with van der Waals surface area (Å²) in [6, 6.07) is 10.9. The number of ether oxygens (including phenoxy) is 1. The first-order valence-electron chi connectivity index (χ1n) is 8.75. The van der Waals surface area contributed by atoms with E-state index >= 15 is 0 Å². The molecule has 1 aromatic heterocycles. The van der Waals surface area contributed by atoms with Crippen LogP contribution < -0.4 is 4.90 Å². The SMILES string of the molecule is COC(=O)c1ccc(CN2C(=O)S/C(=C/C=C/c3ccc(N(C)C)cc3)C2=O)o1. The highest BCUT2D eigenvalue weighted by Gasteiger charge is 2.35. The van der Waals surface area contributed by atoms with Gasteiger partial charge in [0, 0.05) is 19.8 Å². The maximum absolute atomic E-state index is 12.5. The Balaban J connectivity index is 1.66. The van der Waals surface area contributed by atoms with Gasteiger partial charge in [0.15, 0.2) is 0 Å². The van der Waals surface area contributed by atoms with Gasteiger partial charge in [-0.1, -0.05) is 24.3 Å². The predicted octanol–water partition coefficient (Wildman–Crippen LogP) is 3.92. The summed E-state index contributed by atoms with van der Waals surface area (Å²) in [5.74, 6) is -0.670. The molecule has 0 saturated carbocycles. The van der Waals surface area contributed by atoms with Crippen LogP contribution in [0.4, 0.5) is 10.5 Å². The van der Waals surface area contributed by atoms with Crippen molar-refractivity contribution in [2.24, 2.45) is 0 Å². The topological polar surface area (TPSA) is 80.1 Å². The highest BCUT2D eigenvalue weighted by atomic mass is 32.2. The van der Waals surface area contributed by atoms with E-state index in [0.717, 1.165) is 27.9 Å². The first-order chi connectivity index (χ1) is 13.9. The summed E-state index contributed by atoms with van der Waals surface area (Å²) in [5, 5.41) is -0.388. The van der Waals surface area contributed by atoms with Crippen LogP contribution in [0.3, 0.4) is 0 Å². The lowest BCUT2D eigenvalue weighted by molar-refractivity contribution is -0.123. The number of nitrogens with zero attached hydrogens (tertiary/aromatic N) is 2. The molecule has 1 aliphatic heterocycles. The number of amides is 2. The number of carbonyl (C=O) groups excluding carboxylic acids is 3. The van der Waals surface area contributed by atoms with Crippen LogP contribution in [0.2, 0.25) is 0 Å². The van der Waals surface area contributed by atoms with Crippen molar-refractivity contribution in [2.75, 3.05) is 26.1 Å². The highest BCUT2D eigenvalue weighted by molar-refractivity contribution is 8.18. The number of hydrogen-bond donors (Lipinski definition) is 0. The number of rotatable bonds is 6. The summed E-state index contributed by atoms with van der Waals surface area (Å²) in [4.78, 5) is 39.6. The maximum Gasteiger partial charge on any atom is 0.373 e. The van der Waals surface area contributed by atoms with Crippen molar-refractivity contribution in [2.45, 2.75) is 6.54 Å². The normalized spacial score (nSPS) is 15.6. The fourth-order valence-electron chi connectivity index (χ4n) is 2.61. The molecule has 0 spiro atoms. The quantitative estimate of drug-likeness (QED) is 0.525. The largest absolute Gasteiger partial charge is 0.463 e. The number of allylic oxidation sites excluding steroid dienone is 2. The van der Waals surface area contributed by atoms with E-state index in [1.807, 2.05) is 49.3 Å². The van der Waals surface area contributed by atoms with Crippen LogP contribution in [0.25, 0.3) is 6.08 Å². The summed E-state index contributed by atoms with van der Waals surface area (Å²) < 4.78 is 9.90. The van der Waals surface area contributed by atoms with Gasteiger partial charge in [-0.15, -0.1) is 0 Å². The third-order valence-electron chi connectivity index (χ3n) is 4.18. The summed E-state index contributed by atoms with van der Waals surface area (Å²) in [6.07, 6.45) is 5.22. The Bertz CT molecular complexity index is 989. The number of esters is 1. The van der Waals surface area contributed by atoms with Gasteiger partial charge in [-0.05, 0) is 47.7 Å². The van der Waals surface area contributed by atoms with Crippen molar-refractivity contribution in [1.82, 2.24) is 4.90 Å². The number of methoxy groups -OCH3 is 1. The monoisotopic (exact) mass is 412 g/mol. The van der Waals surface area contributed by atoms with Gasteiger partial charge < -0.3 is 14.1 Å². The number of benzene rings is 1. The van der Waals surface area contributed by atoms with Gasteiger partial charge in [-0.2, -0.15) is 0 Å². The molecule has 3 rings (SSSR count). The Hall–Kier alpha value is -3.26. The van der Waals surface area contributed by atoms with Gasteiger partial charge in [-0.25, -0.2) is 4.79 Å². The minimum absolute atomic E-state index is 0.0215. The predicted molar refractivity (Wildman–Crippen MR) is 111 cm³/mol. The average molecular weight is 412 g/mol. The van der Waals surface area contributed by atoms with Crippen molar-refractivity contribution in [1.29, 1.82) is 0 Å². The smallest absolute Gasteiger partial charge is 0.373 e. The molecule has 7 nitrogen and oxygen atoms in total. The molecule has 0 N–H and O–H groups in total. The molecule has 2 heterocycles. The Morgan fingerprint density at radius 3 is 2.55 bits per heavy atom. The Morgan fingerprint density at radius 2 is 1.90 bits per heavy atom. The molecule has 1 saturated heterocycles. The zero-order valence-electron chi connectivity index (χ0n) is 16.2. The third-order valence-corrected chi connectivity index (χ3v) is 5.11. The van der Waals surface area contributed by atoms with Crippen LogP contribution in [0.1, 0.15) is 21.9 Å². The van der Waals surface area contributed by atoms with Crippen LogP contribution in [0, 0.1) is 0 Å². The maximum atomic E-state index is 12.5. The molecule has 29 heavy (non-hydrogen) atoms. The van der Waals surface area contributed by atoms with Crippen LogP contribution in [-0.4, -0.2) is 43.2 Å². The van der Waals surface area contributed by atoms with E-state index in [4.69, 9.17) is 4.42 Å². The zero-order chi connectivity index (χ0) is 21.0. The number of carbonyl (C=O) groups is 3. The molecule has 0 radical (unpaired) electrons. The molecule has 1 aliphatic rings. The summed E-state index contributed by atoms with van der Waals surface area (Å²) >= 11 is 0.867. The molecule has 0 unspecified atom stereocenters. The van der Waals surface area contributed by atoms with Gasteiger partial charge in [-0.3, -0.25) is 14.5 Å². The standard InChI is InChI=1S/C21H20N2O5S/c1-22(2)15-9-7-14(8-10-15)5-4-6-18-19(24)23(21(26)29-18)13-16-11-12-17(28-16)20(25)27-3/h4-12H,13H2,1-3H3/b5-4+,18-6+. The lowest BCUT2D eigenvalue weighted by atomic mass is 10.2. The molecule has 0 aliphatic carbocycles. The van der Waals surface area contributed by atoms with Crippen LogP contribution >= 0.6 is 11.8 Å². The molecular formula is C21H20N2O5S. The zero-order valence-corrected chi connectivity index (χ0v) is 17.1. The van der Waals surface area contributed by atoms with E-state index in [9.17, 15) is 14.4 Å². The minimum Gasteiger partial charge on any atom is -0.463 e. The Morgan fingerprint density at radius 1 is 1.17 bits per heavy atom. The number of anilines is 1. The van der Waals surface area contributed by atoms with Gasteiger partial charge in [0.25, 0.3) is 11.1 Å². The van der Waals surface area contributed by atoms with Crippen LogP contribution in [-0.2, 0) is 16.1 Å². The molecular weight excluding hydrogens is 392 g/mol. The van der Waals surface area contributed by atoms with Gasteiger partial charge in [0.05, 0.1) is 18.6 Å². The molecule has 0 atom stereocenters. The van der Waals surface area contributed by atoms with Crippen LogP contribution in [0.5, 0.6) is 0 Å². The van der Waals surface area contributed by atoms with Gasteiger partial charge in [0.2, 0.25) is 5.76 Å². The van der Waals surface area contributed by atoms with E-state index in [2.05, 4.69) is 4.74 Å². The Kier molecular flexibility index (Phi) is 6.23. The van der Waals surface area contributed by atoms with E-state index < -0.39 is 11.9 Å². The summed E-state index contributed by atoms with van der Waals surface area (Å²) in [6.45, 7) is -0.0469. The lowest BCUT2D eigenvalue weighted by Crippen LogP contribution is -2.27. The van der Waals surface area contributed by atoms with Crippen molar-refractivity contribution in [3.63, 3.8) is 0 Å². The Labute approximate surface area is 172 Å². The molecule has 150 valence electrons. The molecule has 0 bridgehead atoms. The fraction of sp³-hybridized carbons (Fsp3) is 0.190. The molecule has 1 aromatic carbocycles. The van der Waals surface area contributed by atoms with Gasteiger partial charge in [0.1, 0.15) is 5.76 Å². The molecule has 2 aromatic rings. The second kappa shape index (κ2) is 8.83. The summed E-state index contributed by atoms with van der Waals surface area (Å²) in [5.41, 5.74) is 2.08. The van der Waals surface area contributed by atoms with Crippen LogP contribution in [0.15, 0.2) is 57.9 Å². The number of thioether (sulfide) groups is 1. The first kappa shape index (κ1) is 20.5. The summed E-state index contributed by atoms with van der Waals surface area (Å²) in [7, 11) is 5.19. The number of furan rings is 1. The van der Waals surface area contributed by atoms with E-state index in [1.54, 1.807) is 12.2 Å². The number of imide groups is 1. The molecule has 8 heteroatoms. The first-order valence-corrected chi connectivity index (χ1v) is 9.57. The number of hydrogen-bond acceptors (Lipinski definition) is 7. The van der Waals surface area contributed by atoms with Crippen molar-refractivity contribution in [3.05, 3.63) is 70.5 Å². The third kappa shape index (κ3) is 4.78. The highest BCUT2D eigenvalue weighted by Crippen LogP contribution is 2.32. The lowest BCUT2D eigenvalue weighted by Gasteiger charge is -2.11. The van der Waals surface area contributed by atoms with E-state index in [-0.39, 0.29) is 17.5 Å². The van der Waals surface area contributed by atoms with E-state index in [1.165, 1.54) is 19.2 Å². The second-order valence-corrected chi connectivity index (χ2v) is 7.39. The van der Waals surface area contributed by atoms with Crippen molar-refractivity contribution in [3.8, 4) is 0 Å². The molecule has 1 fully saturated rings.